The predicted octanol–water partition coefficient (Wildman–Crippen LogP) is 0.523. The van der Waals surface area contributed by atoms with Gasteiger partial charge < -0.3 is 9.50 Å². The molecule has 0 saturated heterocycles. The van der Waals surface area contributed by atoms with E-state index in [1.165, 1.54) is 12.1 Å². The molecule has 0 unspecified atom stereocenters. The smallest absolute Gasteiger partial charge is 0.358 e. The third-order valence-electron chi connectivity index (χ3n) is 1.97. The van der Waals surface area contributed by atoms with E-state index in [-0.39, 0.29) is 17.9 Å². The van der Waals surface area contributed by atoms with Gasteiger partial charge in [0.1, 0.15) is 0 Å². The minimum absolute atomic E-state index is 0.0683. The Balaban J connectivity index is 2.50. The number of benzene rings is 1. The molecule has 15 heavy (non-hydrogen) atoms. The molecular weight excluding hydrogens is 225 g/mol. The monoisotopic (exact) mass is 231 g/mol. The van der Waals surface area contributed by atoms with E-state index < -0.39 is 16.4 Å². The van der Waals surface area contributed by atoms with Gasteiger partial charge in [0, 0.05) is 6.54 Å². The second-order valence-electron chi connectivity index (χ2n) is 2.95. The van der Waals surface area contributed by atoms with Crippen molar-refractivity contribution in [3.63, 3.8) is 0 Å². The Kier molecular flexibility index (Phi) is 2.11. The van der Waals surface area contributed by atoms with Gasteiger partial charge in [-0.1, -0.05) is 16.0 Å². The maximum atomic E-state index is 12.3. The molecule has 0 radical (unpaired) electrons. The van der Waals surface area contributed by atoms with Crippen molar-refractivity contribution >= 4 is 16.4 Å². The van der Waals surface area contributed by atoms with E-state index in [9.17, 15) is 17.1 Å². The van der Waals surface area contributed by atoms with Gasteiger partial charge in [0.2, 0.25) is 0 Å². The molecular formula is C8H6FNO4S. The van der Waals surface area contributed by atoms with Gasteiger partial charge >= 0.3 is 10.5 Å². The highest BCUT2D eigenvalue weighted by Gasteiger charge is 2.25. The number of halogens is 1. The number of amides is 1. The fourth-order valence-electron chi connectivity index (χ4n) is 1.42. The molecule has 1 aliphatic heterocycles. The van der Waals surface area contributed by atoms with Crippen LogP contribution in [0, 0.1) is 0 Å². The highest BCUT2D eigenvalue weighted by molar-refractivity contribution is 7.81. The van der Waals surface area contributed by atoms with Crippen LogP contribution in [0.4, 0.5) is 3.89 Å². The van der Waals surface area contributed by atoms with Crippen molar-refractivity contribution in [1.82, 2.24) is 5.32 Å². The van der Waals surface area contributed by atoms with Crippen LogP contribution in [0.5, 0.6) is 5.75 Å². The number of carbonyl (C=O) groups excluding carboxylic acids is 1. The van der Waals surface area contributed by atoms with Gasteiger partial charge in [0.05, 0.1) is 5.56 Å². The van der Waals surface area contributed by atoms with Gasteiger partial charge in [-0.2, -0.15) is 8.42 Å². The summed E-state index contributed by atoms with van der Waals surface area (Å²) < 4.78 is 36.9. The molecule has 0 aromatic heterocycles. The van der Waals surface area contributed by atoms with E-state index in [1.54, 1.807) is 6.07 Å². The van der Waals surface area contributed by atoms with Crippen molar-refractivity contribution < 1.29 is 21.3 Å². The summed E-state index contributed by atoms with van der Waals surface area (Å²) >= 11 is 0. The van der Waals surface area contributed by atoms with Gasteiger partial charge in [0.15, 0.2) is 5.75 Å². The highest BCUT2D eigenvalue weighted by atomic mass is 32.3. The van der Waals surface area contributed by atoms with Crippen LogP contribution >= 0.6 is 0 Å². The summed E-state index contributed by atoms with van der Waals surface area (Å²) in [5, 5.41) is 2.47. The number of fused-ring (bicyclic) bond motifs is 1. The zero-order valence-corrected chi connectivity index (χ0v) is 8.17. The molecule has 0 spiro atoms. The SMILES string of the molecule is O=C1NCc2cccc(OS(=O)(=O)F)c21. The molecule has 80 valence electrons. The van der Waals surface area contributed by atoms with Gasteiger partial charge in [-0.3, -0.25) is 4.79 Å². The number of nitrogens with one attached hydrogen (secondary N) is 1. The van der Waals surface area contributed by atoms with E-state index in [0.29, 0.717) is 5.56 Å². The Morgan fingerprint density at radius 1 is 1.40 bits per heavy atom. The fraction of sp³-hybridized carbons (Fsp3) is 0.125. The molecule has 1 heterocycles. The average Bonchev–Trinajstić information content (AvgIpc) is 2.46. The van der Waals surface area contributed by atoms with Crippen molar-refractivity contribution in [1.29, 1.82) is 0 Å². The van der Waals surface area contributed by atoms with Gasteiger partial charge in [0.25, 0.3) is 5.91 Å². The maximum Gasteiger partial charge on any atom is 0.488 e. The molecule has 7 heteroatoms. The van der Waals surface area contributed by atoms with Crippen molar-refractivity contribution in [2.45, 2.75) is 6.54 Å². The van der Waals surface area contributed by atoms with Gasteiger partial charge in [-0.05, 0) is 11.6 Å². The number of rotatable bonds is 2. The Morgan fingerprint density at radius 2 is 2.13 bits per heavy atom. The van der Waals surface area contributed by atoms with Crippen LogP contribution in [-0.2, 0) is 17.0 Å². The molecule has 1 aromatic carbocycles. The van der Waals surface area contributed by atoms with Crippen LogP contribution in [0.2, 0.25) is 0 Å². The lowest BCUT2D eigenvalue weighted by molar-refractivity contribution is 0.0964. The Bertz CT molecular complexity index is 525. The van der Waals surface area contributed by atoms with Gasteiger partial charge in [-0.15, -0.1) is 0 Å². The second kappa shape index (κ2) is 3.20. The quantitative estimate of drug-likeness (QED) is 0.753. The normalized spacial score (nSPS) is 14.6. The van der Waals surface area contributed by atoms with E-state index in [1.807, 2.05) is 0 Å². The summed E-state index contributed by atoms with van der Waals surface area (Å²) in [4.78, 5) is 11.3. The summed E-state index contributed by atoms with van der Waals surface area (Å²) in [5.41, 5.74) is 0.653. The predicted molar refractivity (Wildman–Crippen MR) is 48.3 cm³/mol. The standard InChI is InChI=1S/C8H6FNO4S/c9-15(12,13)14-6-3-1-2-5-4-10-8(11)7(5)6/h1-3H,4H2,(H,10,11). The first-order valence-corrected chi connectivity index (χ1v) is 5.32. The molecule has 2 rings (SSSR count). The molecule has 0 saturated carbocycles. The first-order valence-electron chi connectivity index (χ1n) is 4.01. The first kappa shape index (κ1) is 9.91. The third-order valence-corrected chi connectivity index (χ3v) is 2.35. The topological polar surface area (TPSA) is 72.5 Å². The molecule has 5 nitrogen and oxygen atoms in total. The van der Waals surface area contributed by atoms with E-state index in [2.05, 4.69) is 9.50 Å². The molecule has 1 N–H and O–H groups in total. The summed E-state index contributed by atoms with van der Waals surface area (Å²) in [6.45, 7) is 0.289. The highest BCUT2D eigenvalue weighted by Crippen LogP contribution is 2.27. The largest absolute Gasteiger partial charge is 0.488 e. The Morgan fingerprint density at radius 3 is 2.80 bits per heavy atom. The Hall–Kier alpha value is -1.63. The van der Waals surface area contributed by atoms with Crippen LogP contribution in [-0.4, -0.2) is 14.3 Å². The first-order chi connectivity index (χ1) is 6.97. The van der Waals surface area contributed by atoms with Gasteiger partial charge in [-0.25, -0.2) is 0 Å². The minimum Gasteiger partial charge on any atom is -0.358 e. The summed E-state index contributed by atoms with van der Waals surface area (Å²) in [6, 6.07) is 4.34. The van der Waals surface area contributed by atoms with Crippen molar-refractivity contribution in [2.24, 2.45) is 0 Å². The molecule has 0 aliphatic carbocycles. The number of hydrogen-bond donors (Lipinski definition) is 1. The zero-order chi connectivity index (χ0) is 11.1. The van der Waals surface area contributed by atoms with Crippen LogP contribution in [0.3, 0.4) is 0 Å². The molecule has 0 atom stereocenters. The van der Waals surface area contributed by atoms with Crippen LogP contribution in [0.25, 0.3) is 0 Å². The lowest BCUT2D eigenvalue weighted by atomic mass is 10.1. The number of hydrogen-bond acceptors (Lipinski definition) is 4. The second-order valence-corrected chi connectivity index (χ2v) is 3.90. The molecule has 1 aromatic rings. The molecule has 0 fully saturated rings. The van der Waals surface area contributed by atoms with Crippen molar-refractivity contribution in [2.75, 3.05) is 0 Å². The summed E-state index contributed by atoms with van der Waals surface area (Å²) in [6.07, 6.45) is 0. The lowest BCUT2D eigenvalue weighted by Gasteiger charge is -2.03. The van der Waals surface area contributed by atoms with Crippen LogP contribution in [0.1, 0.15) is 15.9 Å². The number of carbonyl (C=O) groups is 1. The zero-order valence-electron chi connectivity index (χ0n) is 7.36. The van der Waals surface area contributed by atoms with E-state index in [4.69, 9.17) is 0 Å². The van der Waals surface area contributed by atoms with Crippen molar-refractivity contribution in [3.05, 3.63) is 29.3 Å². The molecule has 0 bridgehead atoms. The van der Waals surface area contributed by atoms with Crippen molar-refractivity contribution in [3.8, 4) is 5.75 Å². The minimum atomic E-state index is -5.10. The maximum absolute atomic E-state index is 12.3. The van der Waals surface area contributed by atoms with E-state index in [0.717, 1.165) is 0 Å². The molecule has 1 aliphatic rings. The molecule has 1 amide bonds. The van der Waals surface area contributed by atoms with E-state index >= 15 is 0 Å². The van der Waals surface area contributed by atoms with Crippen LogP contribution < -0.4 is 9.50 Å². The third kappa shape index (κ3) is 1.91. The summed E-state index contributed by atoms with van der Waals surface area (Å²) in [5.74, 6) is -0.755. The lowest BCUT2D eigenvalue weighted by Crippen LogP contribution is -2.14. The Labute approximate surface area is 85.3 Å². The van der Waals surface area contributed by atoms with Crippen LogP contribution in [0.15, 0.2) is 18.2 Å². The summed E-state index contributed by atoms with van der Waals surface area (Å²) in [7, 11) is -5.10. The fourth-order valence-corrected chi connectivity index (χ4v) is 1.78. The average molecular weight is 231 g/mol.